The molecule has 0 radical (unpaired) electrons. The fourth-order valence-electron chi connectivity index (χ4n) is 0.158. The van der Waals surface area contributed by atoms with Gasteiger partial charge in [-0.25, -0.2) is 0 Å². The Morgan fingerprint density at radius 1 is 1.88 bits per heavy atom. The van der Waals surface area contributed by atoms with Gasteiger partial charge in [0, 0.05) is 6.92 Å². The molecular formula is C3H8N2O3. The predicted molar refractivity (Wildman–Crippen MR) is 24.4 cm³/mol. The van der Waals surface area contributed by atoms with Crippen LogP contribution in [0.2, 0.25) is 0 Å². The number of hydroxylamine groups is 1. The van der Waals surface area contributed by atoms with Gasteiger partial charge in [0.1, 0.15) is 6.61 Å². The van der Waals surface area contributed by atoms with Gasteiger partial charge in [-0.1, -0.05) is 4.86 Å². The van der Waals surface area contributed by atoms with Gasteiger partial charge in [-0.15, -0.1) is 0 Å². The molecular weight excluding hydrogens is 112 g/mol. The standard InChI is InChI=1S/C3H8N2O3/c1-3(2-6)5(8)4-7/h3,6-7H,2H2,1H3/b5-4-. The van der Waals surface area contributed by atoms with E-state index in [0.29, 0.717) is 0 Å². The summed E-state index contributed by atoms with van der Waals surface area (Å²) < 4.78 is 0. The molecule has 0 heterocycles. The highest BCUT2D eigenvalue weighted by molar-refractivity contribution is 4.37. The molecule has 2 N–H and O–H groups in total. The fraction of sp³-hybridized carbons (Fsp3) is 1.00. The minimum Gasteiger partial charge on any atom is -0.597 e. The van der Waals surface area contributed by atoms with Crippen LogP contribution in [0.3, 0.4) is 0 Å². The summed E-state index contributed by atoms with van der Waals surface area (Å²) in [7, 11) is 0. The number of hydrogen-bond acceptors (Lipinski definition) is 3. The van der Waals surface area contributed by atoms with Crippen LogP contribution in [-0.2, 0) is 0 Å². The van der Waals surface area contributed by atoms with E-state index in [1.165, 1.54) is 6.92 Å². The molecule has 0 saturated heterocycles. The first-order valence-corrected chi connectivity index (χ1v) is 2.14. The van der Waals surface area contributed by atoms with Crippen LogP contribution in [0.4, 0.5) is 0 Å². The average molecular weight is 120 g/mol. The van der Waals surface area contributed by atoms with Crippen molar-refractivity contribution in [2.45, 2.75) is 13.0 Å². The Bertz CT molecular complexity index is 92.5. The van der Waals surface area contributed by atoms with Crippen molar-refractivity contribution in [3.05, 3.63) is 5.21 Å². The third-order valence-electron chi connectivity index (χ3n) is 0.729. The predicted octanol–water partition coefficient (Wildman–Crippen LogP) is -0.281. The van der Waals surface area contributed by atoms with E-state index in [1.54, 1.807) is 0 Å². The van der Waals surface area contributed by atoms with Crippen LogP contribution in [0.25, 0.3) is 0 Å². The van der Waals surface area contributed by atoms with Crippen LogP contribution >= 0.6 is 0 Å². The Labute approximate surface area is 46.4 Å². The second-order valence-electron chi connectivity index (χ2n) is 1.42. The van der Waals surface area contributed by atoms with Crippen molar-refractivity contribution < 1.29 is 15.2 Å². The molecule has 0 spiro atoms. The van der Waals surface area contributed by atoms with E-state index < -0.39 is 6.04 Å². The highest BCUT2D eigenvalue weighted by Crippen LogP contribution is 1.85. The number of aliphatic hydroxyl groups excluding tert-OH is 1. The normalized spacial score (nSPS) is 16.0. The maximum Gasteiger partial charge on any atom is 0.213 e. The molecule has 0 aromatic carbocycles. The van der Waals surface area contributed by atoms with Crippen molar-refractivity contribution in [2.24, 2.45) is 5.28 Å². The Morgan fingerprint density at radius 2 is 2.38 bits per heavy atom. The Balaban J connectivity index is 3.63. The van der Waals surface area contributed by atoms with Crippen molar-refractivity contribution >= 4 is 0 Å². The Kier molecular flexibility index (Phi) is 2.86. The van der Waals surface area contributed by atoms with E-state index in [1.807, 2.05) is 0 Å². The molecule has 1 unspecified atom stereocenters. The molecule has 8 heavy (non-hydrogen) atoms. The summed E-state index contributed by atoms with van der Waals surface area (Å²) in [6.07, 6.45) is 0. The van der Waals surface area contributed by atoms with Gasteiger partial charge >= 0.3 is 0 Å². The summed E-state index contributed by atoms with van der Waals surface area (Å²) >= 11 is 0. The van der Waals surface area contributed by atoms with Crippen LogP contribution in [-0.4, -0.2) is 27.8 Å². The summed E-state index contributed by atoms with van der Waals surface area (Å²) in [6.45, 7) is 1.13. The zero-order valence-corrected chi connectivity index (χ0v) is 4.48. The molecule has 0 saturated carbocycles. The van der Waals surface area contributed by atoms with Gasteiger partial charge in [0.15, 0.2) is 5.28 Å². The lowest BCUT2D eigenvalue weighted by Crippen LogP contribution is -2.19. The van der Waals surface area contributed by atoms with E-state index >= 15 is 0 Å². The maximum atomic E-state index is 10.1. The van der Waals surface area contributed by atoms with E-state index in [0.717, 1.165) is 0 Å². The van der Waals surface area contributed by atoms with Gasteiger partial charge in [0.2, 0.25) is 6.04 Å². The first kappa shape index (κ1) is 7.16. The van der Waals surface area contributed by atoms with Gasteiger partial charge in [-0.2, -0.15) is 0 Å². The second-order valence-corrected chi connectivity index (χ2v) is 1.42. The van der Waals surface area contributed by atoms with Crippen molar-refractivity contribution in [3.63, 3.8) is 0 Å². The summed E-state index contributed by atoms with van der Waals surface area (Å²) in [4.78, 5) is 0.0278. The molecule has 0 aromatic heterocycles. The van der Waals surface area contributed by atoms with Crippen molar-refractivity contribution in [1.29, 1.82) is 0 Å². The van der Waals surface area contributed by atoms with E-state index in [2.05, 4.69) is 5.28 Å². The first-order valence-electron chi connectivity index (χ1n) is 2.14. The molecule has 0 aliphatic heterocycles. The van der Waals surface area contributed by atoms with Crippen LogP contribution in [0.1, 0.15) is 6.92 Å². The van der Waals surface area contributed by atoms with Crippen molar-refractivity contribution in [1.82, 2.24) is 0 Å². The summed E-state index contributed by atoms with van der Waals surface area (Å²) in [5.41, 5.74) is 0. The lowest BCUT2D eigenvalue weighted by Gasteiger charge is -2.01. The summed E-state index contributed by atoms with van der Waals surface area (Å²) in [5, 5.41) is 28.3. The minimum atomic E-state index is -0.667. The third-order valence-corrected chi connectivity index (χ3v) is 0.729. The smallest absolute Gasteiger partial charge is 0.213 e. The van der Waals surface area contributed by atoms with Crippen LogP contribution in [0, 0.1) is 5.21 Å². The summed E-state index contributed by atoms with van der Waals surface area (Å²) in [6, 6.07) is -0.667. The molecule has 0 rings (SSSR count). The van der Waals surface area contributed by atoms with E-state index in [-0.39, 0.29) is 11.5 Å². The van der Waals surface area contributed by atoms with Crippen molar-refractivity contribution in [3.8, 4) is 0 Å². The lowest BCUT2D eigenvalue weighted by molar-refractivity contribution is -0.590. The SMILES string of the molecule is CC(CO)/[N+]([O-])=N/O. The van der Waals surface area contributed by atoms with E-state index in [9.17, 15) is 5.21 Å². The highest BCUT2D eigenvalue weighted by Gasteiger charge is 2.07. The van der Waals surface area contributed by atoms with Crippen molar-refractivity contribution in [2.75, 3.05) is 6.61 Å². The molecule has 0 fully saturated rings. The van der Waals surface area contributed by atoms with Gasteiger partial charge in [-0.3, -0.25) is 0 Å². The molecule has 48 valence electrons. The summed E-state index contributed by atoms with van der Waals surface area (Å²) in [5.74, 6) is 0. The van der Waals surface area contributed by atoms with Crippen LogP contribution in [0.15, 0.2) is 5.28 Å². The number of aliphatic hydroxyl groups is 1. The zero-order valence-electron chi connectivity index (χ0n) is 4.48. The zero-order chi connectivity index (χ0) is 6.57. The number of rotatable bonds is 2. The quantitative estimate of drug-likeness (QED) is 0.299. The third kappa shape index (κ3) is 1.74. The van der Waals surface area contributed by atoms with Gasteiger partial charge in [0.25, 0.3) is 0 Å². The largest absolute Gasteiger partial charge is 0.597 e. The Hall–Kier alpha value is -0.840. The molecule has 0 amide bonds. The van der Waals surface area contributed by atoms with Crippen LogP contribution < -0.4 is 0 Å². The monoisotopic (exact) mass is 120 g/mol. The molecule has 5 nitrogen and oxygen atoms in total. The molecule has 0 aromatic rings. The molecule has 1 atom stereocenters. The number of nitrogens with zero attached hydrogens (tertiary/aromatic N) is 2. The number of hydrogen-bond donors (Lipinski definition) is 2. The van der Waals surface area contributed by atoms with Gasteiger partial charge < -0.3 is 15.5 Å². The average Bonchev–Trinajstić information content (AvgIpc) is 1.84. The molecule has 0 aliphatic carbocycles. The highest BCUT2D eigenvalue weighted by atomic mass is 16.6. The van der Waals surface area contributed by atoms with Gasteiger partial charge in [0.05, 0.1) is 0 Å². The maximum absolute atomic E-state index is 10.1. The lowest BCUT2D eigenvalue weighted by atomic mass is 10.4. The molecule has 5 heteroatoms. The van der Waals surface area contributed by atoms with Gasteiger partial charge in [-0.05, 0) is 0 Å². The molecule has 0 aliphatic rings. The Morgan fingerprint density at radius 3 is 2.50 bits per heavy atom. The second kappa shape index (κ2) is 3.20. The minimum absolute atomic E-state index is 0.0278. The fourth-order valence-corrected chi connectivity index (χ4v) is 0.158. The first-order chi connectivity index (χ1) is 3.72. The van der Waals surface area contributed by atoms with Crippen LogP contribution in [0.5, 0.6) is 0 Å². The topological polar surface area (TPSA) is 78.9 Å². The van der Waals surface area contributed by atoms with E-state index in [4.69, 9.17) is 10.3 Å². The molecule has 0 bridgehead atoms.